The summed E-state index contributed by atoms with van der Waals surface area (Å²) < 4.78 is 0. The average molecular weight is 183 g/mol. The van der Waals surface area contributed by atoms with Gasteiger partial charge in [-0.1, -0.05) is 6.92 Å². The van der Waals surface area contributed by atoms with Gasteiger partial charge in [0.2, 0.25) is 5.91 Å². The van der Waals surface area contributed by atoms with Crippen LogP contribution in [0.25, 0.3) is 0 Å². The molecule has 74 valence electrons. The van der Waals surface area contributed by atoms with Crippen LogP contribution in [0.1, 0.15) is 40.0 Å². The Labute approximate surface area is 79.1 Å². The smallest absolute Gasteiger partial charge is 0.223 e. The van der Waals surface area contributed by atoms with Gasteiger partial charge in [-0.3, -0.25) is 9.59 Å². The Balaban J connectivity index is 2.76. The molecule has 0 saturated carbocycles. The first-order chi connectivity index (χ1) is 6.07. The normalized spacial score (nSPS) is 27.8. The molecule has 0 aliphatic carbocycles. The summed E-state index contributed by atoms with van der Waals surface area (Å²) >= 11 is 0. The van der Waals surface area contributed by atoms with Crippen molar-refractivity contribution >= 4 is 11.7 Å². The van der Waals surface area contributed by atoms with Crippen LogP contribution in [0.3, 0.4) is 0 Å². The fraction of sp³-hybridized carbons (Fsp3) is 0.800. The Hall–Kier alpha value is -0.860. The van der Waals surface area contributed by atoms with Gasteiger partial charge >= 0.3 is 0 Å². The van der Waals surface area contributed by atoms with E-state index in [1.54, 1.807) is 11.8 Å². The van der Waals surface area contributed by atoms with Crippen LogP contribution >= 0.6 is 0 Å². The molecule has 0 N–H and O–H groups in total. The molecule has 0 radical (unpaired) electrons. The lowest BCUT2D eigenvalue weighted by molar-refractivity contribution is -0.138. The predicted molar refractivity (Wildman–Crippen MR) is 50.3 cm³/mol. The molecule has 0 spiro atoms. The Bertz CT molecular complexity index is 225. The van der Waals surface area contributed by atoms with E-state index in [1.165, 1.54) is 0 Å². The van der Waals surface area contributed by atoms with E-state index in [-0.39, 0.29) is 23.8 Å². The van der Waals surface area contributed by atoms with Crippen molar-refractivity contribution in [1.82, 2.24) is 4.90 Å². The molecule has 1 amide bonds. The second-order valence-corrected chi connectivity index (χ2v) is 3.71. The van der Waals surface area contributed by atoms with Gasteiger partial charge in [0.15, 0.2) is 5.78 Å². The van der Waals surface area contributed by atoms with E-state index in [2.05, 4.69) is 0 Å². The van der Waals surface area contributed by atoms with Gasteiger partial charge < -0.3 is 4.90 Å². The lowest BCUT2D eigenvalue weighted by atomic mass is 10.1. The van der Waals surface area contributed by atoms with Crippen molar-refractivity contribution in [3.8, 4) is 0 Å². The average Bonchev–Trinajstić information content (AvgIpc) is 2.46. The van der Waals surface area contributed by atoms with E-state index in [0.29, 0.717) is 6.42 Å². The van der Waals surface area contributed by atoms with Crippen molar-refractivity contribution in [3.05, 3.63) is 0 Å². The van der Waals surface area contributed by atoms with Gasteiger partial charge in [0, 0.05) is 12.5 Å². The van der Waals surface area contributed by atoms with Crippen molar-refractivity contribution < 1.29 is 9.59 Å². The van der Waals surface area contributed by atoms with Crippen molar-refractivity contribution in [2.75, 3.05) is 0 Å². The molecule has 0 bridgehead atoms. The Morgan fingerprint density at radius 1 is 1.38 bits per heavy atom. The molecule has 1 heterocycles. The zero-order valence-electron chi connectivity index (χ0n) is 8.54. The largest absolute Gasteiger partial charge is 0.330 e. The molecule has 0 aromatic carbocycles. The van der Waals surface area contributed by atoms with E-state index < -0.39 is 0 Å². The number of carbonyl (C=O) groups excluding carboxylic acids is 2. The van der Waals surface area contributed by atoms with Crippen LogP contribution in [-0.2, 0) is 9.59 Å². The van der Waals surface area contributed by atoms with Gasteiger partial charge in [0.25, 0.3) is 0 Å². The standard InChI is InChI=1S/C10H17NO2/c1-4-10(13)11-7(2)5-6-9(11)8(3)12/h7,9H,4-6H2,1-3H3/t7-,9-/m0/s1. The molecule has 0 aromatic heterocycles. The number of ketones is 1. The quantitative estimate of drug-likeness (QED) is 0.648. The number of hydrogen-bond acceptors (Lipinski definition) is 2. The first-order valence-corrected chi connectivity index (χ1v) is 4.89. The molecular formula is C10H17NO2. The molecule has 2 atom stereocenters. The number of rotatable bonds is 2. The van der Waals surface area contributed by atoms with Crippen LogP contribution in [0.5, 0.6) is 0 Å². The summed E-state index contributed by atoms with van der Waals surface area (Å²) in [4.78, 5) is 24.5. The summed E-state index contributed by atoms with van der Waals surface area (Å²) in [6, 6.07) is 0.0869. The summed E-state index contributed by atoms with van der Waals surface area (Å²) in [5, 5.41) is 0. The molecular weight excluding hydrogens is 166 g/mol. The van der Waals surface area contributed by atoms with E-state index >= 15 is 0 Å². The zero-order valence-corrected chi connectivity index (χ0v) is 8.54. The molecule has 13 heavy (non-hydrogen) atoms. The third kappa shape index (κ3) is 1.90. The van der Waals surface area contributed by atoms with E-state index in [1.807, 2.05) is 13.8 Å². The number of carbonyl (C=O) groups is 2. The lowest BCUT2D eigenvalue weighted by Gasteiger charge is -2.26. The van der Waals surface area contributed by atoms with Crippen LogP contribution in [0, 0.1) is 0 Å². The Morgan fingerprint density at radius 3 is 2.46 bits per heavy atom. The first kappa shape index (κ1) is 10.2. The number of hydrogen-bond donors (Lipinski definition) is 0. The molecule has 1 fully saturated rings. The van der Waals surface area contributed by atoms with Crippen LogP contribution < -0.4 is 0 Å². The van der Waals surface area contributed by atoms with Gasteiger partial charge in [-0.25, -0.2) is 0 Å². The summed E-state index contributed by atoms with van der Waals surface area (Å²) in [5.41, 5.74) is 0. The highest BCUT2D eigenvalue weighted by Gasteiger charge is 2.35. The molecule has 1 rings (SSSR count). The molecule has 1 aliphatic rings. The molecule has 3 heteroatoms. The fourth-order valence-electron chi connectivity index (χ4n) is 1.99. The van der Waals surface area contributed by atoms with E-state index in [4.69, 9.17) is 0 Å². The third-order valence-corrected chi connectivity index (χ3v) is 2.73. The molecule has 3 nitrogen and oxygen atoms in total. The van der Waals surface area contributed by atoms with Crippen molar-refractivity contribution in [2.45, 2.75) is 52.1 Å². The van der Waals surface area contributed by atoms with Gasteiger partial charge in [-0.15, -0.1) is 0 Å². The minimum absolute atomic E-state index is 0.102. The maximum atomic E-state index is 11.5. The van der Waals surface area contributed by atoms with Crippen LogP contribution in [0.4, 0.5) is 0 Å². The van der Waals surface area contributed by atoms with Crippen molar-refractivity contribution in [3.63, 3.8) is 0 Å². The molecule has 0 unspecified atom stereocenters. The highest BCUT2D eigenvalue weighted by atomic mass is 16.2. The first-order valence-electron chi connectivity index (χ1n) is 4.89. The molecule has 0 aromatic rings. The Morgan fingerprint density at radius 2 is 2.00 bits per heavy atom. The summed E-state index contributed by atoms with van der Waals surface area (Å²) in [6.45, 7) is 5.42. The summed E-state index contributed by atoms with van der Waals surface area (Å²) in [7, 11) is 0. The zero-order chi connectivity index (χ0) is 10.0. The maximum Gasteiger partial charge on any atom is 0.223 e. The summed E-state index contributed by atoms with van der Waals surface area (Å²) in [5.74, 6) is 0.219. The number of amides is 1. The number of Topliss-reactive ketones (excluding diaryl/α,β-unsaturated/α-hetero) is 1. The second kappa shape index (κ2) is 3.90. The summed E-state index contributed by atoms with van der Waals surface area (Å²) in [6.07, 6.45) is 2.28. The maximum absolute atomic E-state index is 11.5. The third-order valence-electron chi connectivity index (χ3n) is 2.73. The van der Waals surface area contributed by atoms with Gasteiger partial charge in [-0.2, -0.15) is 0 Å². The topological polar surface area (TPSA) is 37.4 Å². The Kier molecular flexibility index (Phi) is 3.07. The minimum atomic E-state index is -0.151. The van der Waals surface area contributed by atoms with Crippen LogP contribution in [0.15, 0.2) is 0 Å². The minimum Gasteiger partial charge on any atom is -0.330 e. The highest BCUT2D eigenvalue weighted by molar-refractivity contribution is 5.88. The molecule has 1 saturated heterocycles. The van der Waals surface area contributed by atoms with Gasteiger partial charge in [0.1, 0.15) is 0 Å². The van der Waals surface area contributed by atoms with Crippen LogP contribution in [-0.4, -0.2) is 28.7 Å². The van der Waals surface area contributed by atoms with E-state index in [0.717, 1.165) is 12.8 Å². The molecule has 1 aliphatic heterocycles. The monoisotopic (exact) mass is 183 g/mol. The fourth-order valence-corrected chi connectivity index (χ4v) is 1.99. The highest BCUT2D eigenvalue weighted by Crippen LogP contribution is 2.25. The number of likely N-dealkylation sites (tertiary alicyclic amines) is 1. The predicted octanol–water partition coefficient (Wildman–Crippen LogP) is 1.36. The second-order valence-electron chi connectivity index (χ2n) is 3.71. The SMILES string of the molecule is CCC(=O)N1[C@@H](C)CC[C@H]1C(C)=O. The van der Waals surface area contributed by atoms with E-state index in [9.17, 15) is 9.59 Å². The van der Waals surface area contributed by atoms with Crippen LogP contribution in [0.2, 0.25) is 0 Å². The van der Waals surface area contributed by atoms with Crippen molar-refractivity contribution in [1.29, 1.82) is 0 Å². The van der Waals surface area contributed by atoms with Gasteiger partial charge in [-0.05, 0) is 26.7 Å². The van der Waals surface area contributed by atoms with Gasteiger partial charge in [0.05, 0.1) is 6.04 Å². The lowest BCUT2D eigenvalue weighted by Crippen LogP contribution is -2.42. The number of nitrogens with zero attached hydrogens (tertiary/aromatic N) is 1. The van der Waals surface area contributed by atoms with Crippen molar-refractivity contribution in [2.24, 2.45) is 0 Å².